The van der Waals surface area contributed by atoms with E-state index in [9.17, 15) is 20.0 Å². The average molecular weight is 195 g/mol. The number of hydrogen-bond donors (Lipinski definition) is 1. The lowest BCUT2D eigenvalue weighted by Crippen LogP contribution is -2.13. The number of hydrogen-bond acceptors (Lipinski definition) is 4. The van der Waals surface area contributed by atoms with Gasteiger partial charge in [0.2, 0.25) is 5.78 Å². The molecule has 5 nitrogen and oxygen atoms in total. The van der Waals surface area contributed by atoms with E-state index in [1.807, 2.05) is 0 Å². The second-order valence-electron chi connectivity index (χ2n) is 2.93. The maximum Gasteiger partial charge on any atom is 0.265 e. The first kappa shape index (κ1) is 10.2. The zero-order chi connectivity index (χ0) is 10.7. The number of aryl methyl sites for hydroxylation is 1. The number of phenols is 1. The van der Waals surface area contributed by atoms with Crippen LogP contribution in [0.2, 0.25) is 0 Å². The summed E-state index contributed by atoms with van der Waals surface area (Å²) in [7, 11) is 0. The Kier molecular flexibility index (Phi) is 2.81. The lowest BCUT2D eigenvalue weighted by Gasteiger charge is -2.01. The van der Waals surface area contributed by atoms with Crippen LogP contribution in [0, 0.1) is 17.0 Å². The van der Waals surface area contributed by atoms with Gasteiger partial charge in [-0.15, -0.1) is 0 Å². The van der Waals surface area contributed by atoms with Gasteiger partial charge >= 0.3 is 0 Å². The molecule has 1 aromatic rings. The molecule has 0 amide bonds. The highest BCUT2D eigenvalue weighted by Gasteiger charge is 2.16. The maximum absolute atomic E-state index is 11.2. The number of ketones is 1. The fraction of sp³-hybridized carbons (Fsp3) is 0.222. The molecule has 0 aliphatic carbocycles. The van der Waals surface area contributed by atoms with Crippen LogP contribution < -0.4 is 0 Å². The van der Waals surface area contributed by atoms with Crippen LogP contribution in [0.4, 0.5) is 0 Å². The first-order valence-corrected chi connectivity index (χ1v) is 3.95. The smallest absolute Gasteiger partial charge is 0.265 e. The van der Waals surface area contributed by atoms with Gasteiger partial charge in [-0.2, -0.15) is 0 Å². The van der Waals surface area contributed by atoms with Crippen LogP contribution in [0.3, 0.4) is 0 Å². The first-order chi connectivity index (χ1) is 6.50. The molecule has 0 saturated heterocycles. The summed E-state index contributed by atoms with van der Waals surface area (Å²) in [6, 6.07) is 4.40. The van der Waals surface area contributed by atoms with E-state index in [2.05, 4.69) is 0 Å². The van der Waals surface area contributed by atoms with Gasteiger partial charge in [-0.25, -0.2) is 0 Å². The number of nitrogens with zero attached hydrogens (tertiary/aromatic N) is 1. The molecule has 0 aliphatic heterocycles. The summed E-state index contributed by atoms with van der Waals surface area (Å²) in [5.74, 6) is -0.899. The minimum atomic E-state index is -0.795. The molecule has 0 bridgehead atoms. The molecule has 1 N–H and O–H groups in total. The van der Waals surface area contributed by atoms with Crippen molar-refractivity contribution in [3.63, 3.8) is 0 Å². The standard InChI is InChI=1S/C9H9NO4/c1-6-2-3-7(8(11)4-6)9(12)5-10(13)14/h2-4,11H,5H2,1H3. The van der Waals surface area contributed by atoms with Gasteiger partial charge in [-0.3, -0.25) is 14.9 Å². The van der Waals surface area contributed by atoms with E-state index in [1.54, 1.807) is 13.0 Å². The average Bonchev–Trinajstić information content (AvgIpc) is 2.01. The van der Waals surface area contributed by atoms with Crippen molar-refractivity contribution in [1.29, 1.82) is 0 Å². The molecule has 1 rings (SSSR count). The second kappa shape index (κ2) is 3.87. The third-order valence-corrected chi connectivity index (χ3v) is 1.73. The summed E-state index contributed by atoms with van der Waals surface area (Å²) >= 11 is 0. The Morgan fingerprint density at radius 1 is 1.57 bits per heavy atom. The number of carbonyl (C=O) groups excluding carboxylic acids is 1. The van der Waals surface area contributed by atoms with Crippen molar-refractivity contribution in [1.82, 2.24) is 0 Å². The summed E-state index contributed by atoms with van der Waals surface area (Å²) < 4.78 is 0. The Morgan fingerprint density at radius 3 is 2.71 bits per heavy atom. The molecule has 14 heavy (non-hydrogen) atoms. The lowest BCUT2D eigenvalue weighted by atomic mass is 10.1. The van der Waals surface area contributed by atoms with Crippen molar-refractivity contribution in [2.45, 2.75) is 6.92 Å². The molecular weight excluding hydrogens is 186 g/mol. The Balaban J connectivity index is 2.96. The van der Waals surface area contributed by atoms with E-state index >= 15 is 0 Å². The van der Waals surface area contributed by atoms with E-state index in [-0.39, 0.29) is 11.3 Å². The van der Waals surface area contributed by atoms with Crippen LogP contribution in [0.25, 0.3) is 0 Å². The predicted octanol–water partition coefficient (Wildman–Crippen LogP) is 1.16. The molecule has 74 valence electrons. The van der Waals surface area contributed by atoms with Gasteiger partial charge in [-0.05, 0) is 24.6 Å². The summed E-state index contributed by atoms with van der Waals surface area (Å²) in [5.41, 5.74) is 0.785. The van der Waals surface area contributed by atoms with Crippen molar-refractivity contribution >= 4 is 5.78 Å². The molecule has 1 aromatic carbocycles. The molecule has 0 aliphatic rings. The van der Waals surface area contributed by atoms with E-state index < -0.39 is 17.3 Å². The zero-order valence-electron chi connectivity index (χ0n) is 7.56. The van der Waals surface area contributed by atoms with Gasteiger partial charge in [-0.1, -0.05) is 6.07 Å². The quantitative estimate of drug-likeness (QED) is 0.445. The van der Waals surface area contributed by atoms with Gasteiger partial charge in [0.05, 0.1) is 5.56 Å². The normalized spacial score (nSPS) is 9.79. The van der Waals surface area contributed by atoms with Crippen molar-refractivity contribution in [3.8, 4) is 5.75 Å². The van der Waals surface area contributed by atoms with Gasteiger partial charge in [0.25, 0.3) is 6.54 Å². The Morgan fingerprint density at radius 2 is 2.21 bits per heavy atom. The lowest BCUT2D eigenvalue weighted by molar-refractivity contribution is -0.465. The minimum Gasteiger partial charge on any atom is -0.507 e. The molecule has 0 radical (unpaired) electrons. The van der Waals surface area contributed by atoms with Crippen molar-refractivity contribution in [2.75, 3.05) is 6.54 Å². The van der Waals surface area contributed by atoms with E-state index in [0.29, 0.717) is 0 Å². The van der Waals surface area contributed by atoms with Crippen LogP contribution in [0.1, 0.15) is 15.9 Å². The molecule has 0 atom stereocenters. The Bertz CT molecular complexity index is 386. The highest BCUT2D eigenvalue weighted by molar-refractivity contribution is 5.99. The summed E-state index contributed by atoms with van der Waals surface area (Å²) in [4.78, 5) is 20.5. The summed E-state index contributed by atoms with van der Waals surface area (Å²) in [6.45, 7) is 0.956. The van der Waals surface area contributed by atoms with Crippen molar-refractivity contribution in [2.24, 2.45) is 0 Å². The zero-order valence-corrected chi connectivity index (χ0v) is 7.56. The highest BCUT2D eigenvalue weighted by atomic mass is 16.6. The number of nitro groups is 1. The maximum atomic E-state index is 11.2. The van der Waals surface area contributed by atoms with E-state index in [4.69, 9.17) is 0 Å². The molecule has 0 heterocycles. The number of phenolic OH excluding ortho intramolecular Hbond substituents is 1. The molecule has 0 fully saturated rings. The topological polar surface area (TPSA) is 80.4 Å². The molecular formula is C9H9NO4. The van der Waals surface area contributed by atoms with Crippen LogP contribution in [-0.2, 0) is 0 Å². The van der Waals surface area contributed by atoms with Crippen LogP contribution in [-0.4, -0.2) is 22.4 Å². The van der Waals surface area contributed by atoms with Gasteiger partial charge < -0.3 is 5.11 Å². The van der Waals surface area contributed by atoms with Crippen LogP contribution in [0.15, 0.2) is 18.2 Å². The summed E-state index contributed by atoms with van der Waals surface area (Å²) in [5, 5.41) is 19.4. The van der Waals surface area contributed by atoms with E-state index in [1.165, 1.54) is 12.1 Å². The molecule has 0 saturated carbocycles. The number of rotatable bonds is 3. The van der Waals surface area contributed by atoms with Gasteiger partial charge in [0.1, 0.15) is 5.75 Å². The number of aromatic hydroxyl groups is 1. The SMILES string of the molecule is Cc1ccc(C(=O)C[N+](=O)[O-])c(O)c1. The largest absolute Gasteiger partial charge is 0.507 e. The molecule has 0 spiro atoms. The van der Waals surface area contributed by atoms with Crippen molar-refractivity contribution < 1.29 is 14.8 Å². The Labute approximate surface area is 80.1 Å². The number of benzene rings is 1. The van der Waals surface area contributed by atoms with Crippen molar-refractivity contribution in [3.05, 3.63) is 39.4 Å². The monoisotopic (exact) mass is 195 g/mol. The van der Waals surface area contributed by atoms with Gasteiger partial charge in [0, 0.05) is 4.92 Å². The first-order valence-electron chi connectivity index (χ1n) is 3.95. The van der Waals surface area contributed by atoms with Crippen LogP contribution in [0.5, 0.6) is 5.75 Å². The highest BCUT2D eigenvalue weighted by Crippen LogP contribution is 2.18. The molecule has 5 heteroatoms. The molecule has 0 aromatic heterocycles. The number of Topliss-reactive ketones (excluding diaryl/α,β-unsaturated/α-hetero) is 1. The second-order valence-corrected chi connectivity index (χ2v) is 2.93. The van der Waals surface area contributed by atoms with E-state index in [0.717, 1.165) is 5.56 Å². The molecule has 0 unspecified atom stereocenters. The number of carbonyl (C=O) groups is 1. The van der Waals surface area contributed by atoms with Gasteiger partial charge in [0.15, 0.2) is 0 Å². The third kappa shape index (κ3) is 2.29. The Hall–Kier alpha value is -1.91. The fourth-order valence-electron chi connectivity index (χ4n) is 1.08. The predicted molar refractivity (Wildman–Crippen MR) is 49.0 cm³/mol. The van der Waals surface area contributed by atoms with Crippen LogP contribution >= 0.6 is 0 Å². The minimum absolute atomic E-state index is 0.00713. The summed E-state index contributed by atoms with van der Waals surface area (Å²) in [6.07, 6.45) is 0. The third-order valence-electron chi connectivity index (χ3n) is 1.73. The fourth-order valence-corrected chi connectivity index (χ4v) is 1.08.